The third kappa shape index (κ3) is 4.76. The Kier molecular flexibility index (Phi) is 7.02. The summed E-state index contributed by atoms with van der Waals surface area (Å²) < 4.78 is 8.78. The topological polar surface area (TPSA) is 66.1 Å². The van der Waals surface area contributed by atoms with Crippen molar-refractivity contribution < 1.29 is 9.53 Å². The molecule has 2 aromatic carbocycles. The van der Waals surface area contributed by atoms with Gasteiger partial charge >= 0.3 is 0 Å². The van der Waals surface area contributed by atoms with Crippen LogP contribution in [0.1, 0.15) is 21.7 Å². The summed E-state index contributed by atoms with van der Waals surface area (Å²) in [5.41, 5.74) is 3.60. The molecule has 0 radical (unpaired) electrons. The van der Waals surface area contributed by atoms with E-state index < -0.39 is 0 Å². The third-order valence-corrected chi connectivity index (χ3v) is 6.71. The van der Waals surface area contributed by atoms with Gasteiger partial charge in [0.2, 0.25) is 0 Å². The number of rotatable bonds is 8. The molecule has 33 heavy (non-hydrogen) atoms. The van der Waals surface area contributed by atoms with E-state index in [0.717, 1.165) is 11.4 Å². The first-order chi connectivity index (χ1) is 15.9. The zero-order valence-electron chi connectivity index (χ0n) is 18.7. The Labute approximate surface area is 201 Å². The van der Waals surface area contributed by atoms with Crippen LogP contribution in [0.3, 0.4) is 0 Å². The van der Waals surface area contributed by atoms with Gasteiger partial charge in [0.05, 0.1) is 29.0 Å². The first-order valence-electron chi connectivity index (χ1n) is 10.5. The van der Waals surface area contributed by atoms with E-state index in [2.05, 4.69) is 4.57 Å². The number of halogens is 1. The van der Waals surface area contributed by atoms with Gasteiger partial charge in [-0.2, -0.15) is 0 Å². The number of hydrogen-bond acceptors (Lipinski definition) is 5. The molecule has 0 unspecified atom stereocenters. The maximum absolute atomic E-state index is 13.3. The molecule has 6 nitrogen and oxygen atoms in total. The van der Waals surface area contributed by atoms with Gasteiger partial charge in [0.1, 0.15) is 0 Å². The number of carbonyl (C=O) groups is 1. The SMILES string of the molecule is COCCn1c(C)cc(C(=O)CSc2nc3ccccc3c(=O)n2-c2cccc(Cl)c2)c1C. The Morgan fingerprint density at radius 1 is 1.12 bits per heavy atom. The van der Waals surface area contributed by atoms with Crippen molar-refractivity contribution >= 4 is 40.0 Å². The van der Waals surface area contributed by atoms with Gasteiger partial charge in [-0.25, -0.2) is 4.98 Å². The van der Waals surface area contributed by atoms with Crippen LogP contribution in [0.4, 0.5) is 0 Å². The van der Waals surface area contributed by atoms with Crippen LogP contribution in [0.25, 0.3) is 16.6 Å². The minimum absolute atomic E-state index is 0.0168. The number of Topliss-reactive ketones (excluding diaryl/α,β-unsaturated/α-hetero) is 1. The fourth-order valence-electron chi connectivity index (χ4n) is 3.87. The van der Waals surface area contributed by atoms with Crippen LogP contribution in [0, 0.1) is 13.8 Å². The Bertz CT molecular complexity index is 1390. The normalized spacial score (nSPS) is 11.3. The summed E-state index contributed by atoms with van der Waals surface area (Å²) in [6.45, 7) is 5.19. The van der Waals surface area contributed by atoms with Crippen molar-refractivity contribution in [2.45, 2.75) is 25.5 Å². The molecule has 0 aliphatic rings. The smallest absolute Gasteiger partial charge is 0.266 e. The van der Waals surface area contributed by atoms with Crippen LogP contribution >= 0.6 is 23.4 Å². The summed E-state index contributed by atoms with van der Waals surface area (Å²) in [5.74, 6) is 0.136. The van der Waals surface area contributed by atoms with Gasteiger partial charge in [0, 0.05) is 35.6 Å². The third-order valence-electron chi connectivity index (χ3n) is 5.54. The predicted molar refractivity (Wildman–Crippen MR) is 133 cm³/mol. The van der Waals surface area contributed by atoms with Crippen molar-refractivity contribution in [2.75, 3.05) is 19.5 Å². The number of aryl methyl sites for hydroxylation is 1. The molecule has 2 heterocycles. The molecule has 0 aliphatic carbocycles. The molecular formula is C25H24ClN3O3S. The van der Waals surface area contributed by atoms with Crippen molar-refractivity contribution in [2.24, 2.45) is 0 Å². The number of ketones is 1. The maximum atomic E-state index is 13.3. The highest BCUT2D eigenvalue weighted by molar-refractivity contribution is 7.99. The van der Waals surface area contributed by atoms with E-state index in [0.29, 0.717) is 45.5 Å². The van der Waals surface area contributed by atoms with Crippen LogP contribution in [-0.2, 0) is 11.3 Å². The second-order valence-corrected chi connectivity index (χ2v) is 9.05. The minimum Gasteiger partial charge on any atom is -0.383 e. The van der Waals surface area contributed by atoms with E-state index in [1.54, 1.807) is 43.5 Å². The molecule has 4 rings (SSSR count). The maximum Gasteiger partial charge on any atom is 0.266 e. The number of ether oxygens (including phenoxy) is 1. The van der Waals surface area contributed by atoms with E-state index in [1.807, 2.05) is 32.0 Å². The zero-order chi connectivity index (χ0) is 23.5. The molecule has 0 spiro atoms. The standard InChI is InChI=1S/C25H24ClN3O3S/c1-16-13-21(17(2)28(16)11-12-32-3)23(30)15-33-25-27-22-10-5-4-9-20(22)24(31)29(25)19-8-6-7-18(26)14-19/h4-10,13-14H,11-12,15H2,1-3H3. The Morgan fingerprint density at radius 2 is 1.91 bits per heavy atom. The number of benzene rings is 2. The number of fused-ring (bicyclic) bond motifs is 1. The quantitative estimate of drug-likeness (QED) is 0.199. The summed E-state index contributed by atoms with van der Waals surface area (Å²) in [6, 6.07) is 16.2. The molecule has 2 aromatic heterocycles. The van der Waals surface area contributed by atoms with Crippen LogP contribution < -0.4 is 5.56 Å². The number of aromatic nitrogens is 3. The van der Waals surface area contributed by atoms with E-state index in [4.69, 9.17) is 21.3 Å². The number of hydrogen-bond donors (Lipinski definition) is 0. The average Bonchev–Trinajstić information content (AvgIpc) is 3.09. The van der Waals surface area contributed by atoms with Crippen LogP contribution in [0.5, 0.6) is 0 Å². The summed E-state index contributed by atoms with van der Waals surface area (Å²) >= 11 is 7.43. The summed E-state index contributed by atoms with van der Waals surface area (Å²) in [4.78, 5) is 31.2. The van der Waals surface area contributed by atoms with E-state index in [1.165, 1.54) is 16.3 Å². The van der Waals surface area contributed by atoms with Crippen molar-refractivity contribution in [1.29, 1.82) is 0 Å². The van der Waals surface area contributed by atoms with Gasteiger partial charge < -0.3 is 9.30 Å². The van der Waals surface area contributed by atoms with Gasteiger partial charge in [-0.3, -0.25) is 14.2 Å². The van der Waals surface area contributed by atoms with Crippen molar-refractivity contribution in [3.63, 3.8) is 0 Å². The summed E-state index contributed by atoms with van der Waals surface area (Å²) in [6.07, 6.45) is 0. The Hall–Kier alpha value is -2.87. The molecule has 170 valence electrons. The van der Waals surface area contributed by atoms with Crippen LogP contribution in [0.15, 0.2) is 64.5 Å². The van der Waals surface area contributed by atoms with Crippen molar-refractivity contribution in [3.8, 4) is 5.69 Å². The zero-order valence-corrected chi connectivity index (χ0v) is 20.2. The lowest BCUT2D eigenvalue weighted by atomic mass is 10.2. The van der Waals surface area contributed by atoms with E-state index in [-0.39, 0.29) is 17.1 Å². The summed E-state index contributed by atoms with van der Waals surface area (Å²) in [7, 11) is 1.66. The lowest BCUT2D eigenvalue weighted by Crippen LogP contribution is -2.22. The first kappa shape index (κ1) is 23.3. The molecule has 0 aliphatic heterocycles. The predicted octanol–water partition coefficient (Wildman–Crippen LogP) is 5.08. The molecular weight excluding hydrogens is 458 g/mol. The van der Waals surface area contributed by atoms with Crippen LogP contribution in [0.2, 0.25) is 5.02 Å². The molecule has 8 heteroatoms. The van der Waals surface area contributed by atoms with Gasteiger partial charge in [0.25, 0.3) is 5.56 Å². The minimum atomic E-state index is -0.199. The van der Waals surface area contributed by atoms with Crippen LogP contribution in [-0.4, -0.2) is 39.4 Å². The number of methoxy groups -OCH3 is 1. The Balaban J connectivity index is 1.70. The molecule has 0 bridgehead atoms. The van der Waals surface area contributed by atoms with E-state index in [9.17, 15) is 9.59 Å². The highest BCUT2D eigenvalue weighted by Crippen LogP contribution is 2.25. The molecule has 0 saturated heterocycles. The monoisotopic (exact) mass is 481 g/mol. The number of thioether (sulfide) groups is 1. The average molecular weight is 482 g/mol. The molecule has 4 aromatic rings. The Morgan fingerprint density at radius 3 is 2.67 bits per heavy atom. The largest absolute Gasteiger partial charge is 0.383 e. The lowest BCUT2D eigenvalue weighted by molar-refractivity contribution is 0.102. The first-order valence-corrected chi connectivity index (χ1v) is 11.9. The highest BCUT2D eigenvalue weighted by Gasteiger charge is 2.19. The fourth-order valence-corrected chi connectivity index (χ4v) is 4.95. The number of nitrogens with zero attached hydrogens (tertiary/aromatic N) is 3. The summed E-state index contributed by atoms with van der Waals surface area (Å²) in [5, 5.41) is 1.47. The highest BCUT2D eigenvalue weighted by atomic mass is 35.5. The van der Waals surface area contributed by atoms with Gasteiger partial charge in [-0.1, -0.05) is 41.6 Å². The number of para-hydroxylation sites is 1. The van der Waals surface area contributed by atoms with Crippen molar-refractivity contribution in [3.05, 3.63) is 86.9 Å². The van der Waals surface area contributed by atoms with Gasteiger partial charge in [-0.15, -0.1) is 0 Å². The lowest BCUT2D eigenvalue weighted by Gasteiger charge is -2.13. The second-order valence-electron chi connectivity index (χ2n) is 7.67. The molecule has 0 amide bonds. The number of carbonyl (C=O) groups excluding carboxylic acids is 1. The molecule has 0 fully saturated rings. The van der Waals surface area contributed by atoms with E-state index >= 15 is 0 Å². The van der Waals surface area contributed by atoms with Gasteiger partial charge in [0.15, 0.2) is 10.9 Å². The second kappa shape index (κ2) is 9.95. The van der Waals surface area contributed by atoms with Crippen molar-refractivity contribution in [1.82, 2.24) is 14.1 Å². The molecule has 0 atom stereocenters. The fraction of sp³-hybridized carbons (Fsp3) is 0.240. The molecule has 0 saturated carbocycles. The van der Waals surface area contributed by atoms with Gasteiger partial charge in [-0.05, 0) is 50.2 Å². The molecule has 0 N–H and O–H groups in total.